The molecule has 1 unspecified atom stereocenters. The molecule has 1 aromatic heterocycles. The summed E-state index contributed by atoms with van der Waals surface area (Å²) in [5, 5.41) is 1.09. The molecule has 0 bridgehead atoms. The Kier molecular flexibility index (Phi) is 9.22. The Morgan fingerprint density at radius 2 is 1.88 bits per heavy atom. The summed E-state index contributed by atoms with van der Waals surface area (Å²) in [5.74, 6) is 0.779. The van der Waals surface area contributed by atoms with E-state index in [-0.39, 0.29) is 18.8 Å². The summed E-state index contributed by atoms with van der Waals surface area (Å²) in [6, 6.07) is 17.4. The van der Waals surface area contributed by atoms with Crippen LogP contribution in [0.2, 0.25) is 10.0 Å². The maximum Gasteiger partial charge on any atom is 0.338 e. The fourth-order valence-corrected chi connectivity index (χ4v) is 6.58. The molecule has 42 heavy (non-hydrogen) atoms. The van der Waals surface area contributed by atoms with Gasteiger partial charge in [-0.15, -0.1) is 0 Å². The highest BCUT2D eigenvalue weighted by atomic mass is 79.9. The summed E-state index contributed by atoms with van der Waals surface area (Å²) in [4.78, 5) is 32.0. The van der Waals surface area contributed by atoms with Gasteiger partial charge in [0.1, 0.15) is 18.1 Å². The molecule has 216 valence electrons. The van der Waals surface area contributed by atoms with E-state index in [9.17, 15) is 9.59 Å². The summed E-state index contributed by atoms with van der Waals surface area (Å²) in [6.45, 7) is 3.97. The smallest absolute Gasteiger partial charge is 0.338 e. The van der Waals surface area contributed by atoms with Crippen LogP contribution in [0.3, 0.4) is 0 Å². The summed E-state index contributed by atoms with van der Waals surface area (Å²) >= 11 is 17.1. The van der Waals surface area contributed by atoms with Crippen molar-refractivity contribution < 1.29 is 19.0 Å². The van der Waals surface area contributed by atoms with Crippen LogP contribution < -0.4 is 24.4 Å². The molecule has 0 saturated carbocycles. The van der Waals surface area contributed by atoms with Gasteiger partial charge in [-0.2, -0.15) is 0 Å². The van der Waals surface area contributed by atoms with E-state index in [0.29, 0.717) is 46.6 Å². The molecule has 1 atom stereocenters. The van der Waals surface area contributed by atoms with Gasteiger partial charge in [-0.05, 0) is 83.4 Å². The molecule has 1 aliphatic rings. The molecule has 11 heteroatoms. The number of aromatic nitrogens is 1. The van der Waals surface area contributed by atoms with E-state index in [1.807, 2.05) is 36.4 Å². The normalized spacial score (nSPS) is 14.8. The highest BCUT2D eigenvalue weighted by molar-refractivity contribution is 9.10. The summed E-state index contributed by atoms with van der Waals surface area (Å²) < 4.78 is 19.4. The van der Waals surface area contributed by atoms with Crippen LogP contribution in [0.15, 0.2) is 86.2 Å². The summed E-state index contributed by atoms with van der Waals surface area (Å²) in [5.41, 5.74) is 2.90. The Labute approximate surface area is 264 Å². The van der Waals surface area contributed by atoms with E-state index < -0.39 is 12.0 Å². The number of allylic oxidation sites excluding steroid dienone is 1. The predicted molar refractivity (Wildman–Crippen MR) is 168 cm³/mol. The highest BCUT2D eigenvalue weighted by Crippen LogP contribution is 2.32. The van der Waals surface area contributed by atoms with Crippen LogP contribution in [0.4, 0.5) is 0 Å². The van der Waals surface area contributed by atoms with Crippen LogP contribution in [0.5, 0.6) is 11.5 Å². The maximum absolute atomic E-state index is 13.8. The summed E-state index contributed by atoms with van der Waals surface area (Å²) in [6.07, 6.45) is 1.79. The lowest BCUT2D eigenvalue weighted by atomic mass is 9.96. The molecule has 0 radical (unpaired) electrons. The van der Waals surface area contributed by atoms with Crippen molar-refractivity contribution in [1.82, 2.24) is 4.57 Å². The van der Waals surface area contributed by atoms with Crippen molar-refractivity contribution in [3.63, 3.8) is 0 Å². The Morgan fingerprint density at radius 3 is 2.55 bits per heavy atom. The first-order chi connectivity index (χ1) is 20.2. The largest absolute Gasteiger partial charge is 0.497 e. The quantitative estimate of drug-likeness (QED) is 0.199. The number of halogens is 3. The van der Waals surface area contributed by atoms with E-state index in [4.69, 9.17) is 37.4 Å². The molecule has 5 rings (SSSR count). The zero-order chi connectivity index (χ0) is 30.0. The number of nitrogens with zero attached hydrogens (tertiary/aromatic N) is 2. The molecule has 2 heterocycles. The van der Waals surface area contributed by atoms with Crippen molar-refractivity contribution >= 4 is 62.5 Å². The first kappa shape index (κ1) is 30.1. The van der Waals surface area contributed by atoms with Gasteiger partial charge in [-0.3, -0.25) is 9.36 Å². The zero-order valence-electron chi connectivity index (χ0n) is 22.8. The van der Waals surface area contributed by atoms with Crippen LogP contribution in [-0.4, -0.2) is 24.3 Å². The minimum atomic E-state index is -0.699. The van der Waals surface area contributed by atoms with Crippen molar-refractivity contribution in [3.05, 3.63) is 123 Å². The molecule has 0 aliphatic carbocycles. The van der Waals surface area contributed by atoms with Crippen LogP contribution in [0.1, 0.15) is 36.6 Å². The zero-order valence-corrected chi connectivity index (χ0v) is 26.7. The number of hydrogen-bond acceptors (Lipinski definition) is 7. The average molecular weight is 688 g/mol. The lowest BCUT2D eigenvalue weighted by molar-refractivity contribution is -0.139. The minimum absolute atomic E-state index is 0.205. The summed E-state index contributed by atoms with van der Waals surface area (Å²) in [7, 11) is 1.58. The van der Waals surface area contributed by atoms with Crippen LogP contribution in [0, 0.1) is 0 Å². The van der Waals surface area contributed by atoms with Gasteiger partial charge in [0.15, 0.2) is 4.80 Å². The van der Waals surface area contributed by atoms with E-state index in [2.05, 4.69) is 20.9 Å². The standard InChI is InChI=1S/C31H25BrCl2N2O5S/c1-4-40-30(38)27-17(2)35-31-36(28(27)19-7-10-22(39-3)11-8-19)29(37)26(42-31)14-18-5-12-25(23(32)13-18)41-16-20-6-9-21(33)15-24(20)34/h5-15,28H,4,16H2,1-3H3/b26-14-. The van der Waals surface area contributed by atoms with Gasteiger partial charge in [0.2, 0.25) is 0 Å². The molecule has 7 nitrogen and oxygen atoms in total. The third kappa shape index (κ3) is 6.20. The number of fused-ring (bicyclic) bond motifs is 1. The second kappa shape index (κ2) is 12.9. The number of thiazole rings is 1. The fourth-order valence-electron chi connectivity index (χ4n) is 4.56. The lowest BCUT2D eigenvalue weighted by Crippen LogP contribution is -2.39. The second-order valence-corrected chi connectivity index (χ2v) is 12.0. The van der Waals surface area contributed by atoms with Crippen LogP contribution >= 0.6 is 50.5 Å². The number of esters is 1. The number of carbonyl (C=O) groups is 1. The average Bonchev–Trinajstić information content (AvgIpc) is 3.26. The van der Waals surface area contributed by atoms with Gasteiger partial charge in [-0.1, -0.05) is 58.8 Å². The molecule has 3 aromatic carbocycles. The van der Waals surface area contributed by atoms with Gasteiger partial charge in [0, 0.05) is 15.6 Å². The molecule has 0 amide bonds. The monoisotopic (exact) mass is 686 g/mol. The molecule has 0 fully saturated rings. The molecule has 0 spiro atoms. The first-order valence-electron chi connectivity index (χ1n) is 12.9. The number of hydrogen-bond donors (Lipinski definition) is 0. The van der Waals surface area contributed by atoms with Crippen molar-refractivity contribution in [2.24, 2.45) is 4.99 Å². The molecule has 0 saturated heterocycles. The molecule has 4 aromatic rings. The number of benzene rings is 3. The highest BCUT2D eigenvalue weighted by Gasteiger charge is 2.33. The maximum atomic E-state index is 13.8. The topological polar surface area (TPSA) is 79.1 Å². The number of methoxy groups -OCH3 is 1. The van der Waals surface area contributed by atoms with Gasteiger partial charge in [0.25, 0.3) is 5.56 Å². The predicted octanol–water partition coefficient (Wildman–Crippen LogP) is 6.46. The molecule has 0 N–H and O–H groups in total. The van der Waals surface area contributed by atoms with Crippen molar-refractivity contribution in [2.75, 3.05) is 13.7 Å². The van der Waals surface area contributed by atoms with Crippen molar-refractivity contribution in [2.45, 2.75) is 26.5 Å². The van der Waals surface area contributed by atoms with Gasteiger partial charge < -0.3 is 14.2 Å². The fraction of sp³-hybridized carbons (Fsp3) is 0.194. The Hall–Kier alpha value is -3.37. The van der Waals surface area contributed by atoms with Crippen molar-refractivity contribution in [1.29, 1.82) is 0 Å². The molecular formula is C31H25BrCl2N2O5S. The number of carbonyl (C=O) groups excluding carboxylic acids is 1. The van der Waals surface area contributed by atoms with Crippen molar-refractivity contribution in [3.8, 4) is 11.5 Å². The Bertz CT molecular complexity index is 1880. The third-order valence-electron chi connectivity index (χ3n) is 6.60. The van der Waals surface area contributed by atoms with E-state index >= 15 is 0 Å². The Balaban J connectivity index is 1.51. The SMILES string of the molecule is CCOC(=O)C1=C(C)N=c2s/c(=C\c3ccc(OCc4ccc(Cl)cc4Cl)c(Br)c3)c(=O)n2C1c1ccc(OC)cc1. The van der Waals surface area contributed by atoms with E-state index in [1.54, 1.807) is 55.9 Å². The molecular weight excluding hydrogens is 663 g/mol. The van der Waals surface area contributed by atoms with Crippen LogP contribution in [0.25, 0.3) is 6.08 Å². The number of ether oxygens (including phenoxy) is 3. The van der Waals surface area contributed by atoms with E-state index in [0.717, 1.165) is 16.7 Å². The second-order valence-electron chi connectivity index (χ2n) is 9.29. The third-order valence-corrected chi connectivity index (χ3v) is 8.79. The van der Waals surface area contributed by atoms with E-state index in [1.165, 1.54) is 11.3 Å². The van der Waals surface area contributed by atoms with Crippen LogP contribution in [-0.2, 0) is 16.1 Å². The van der Waals surface area contributed by atoms with Gasteiger partial charge >= 0.3 is 5.97 Å². The number of rotatable bonds is 8. The minimum Gasteiger partial charge on any atom is -0.497 e. The lowest BCUT2D eigenvalue weighted by Gasteiger charge is -2.24. The van der Waals surface area contributed by atoms with Gasteiger partial charge in [0.05, 0.1) is 40.0 Å². The molecule has 1 aliphatic heterocycles. The first-order valence-corrected chi connectivity index (χ1v) is 15.3. The van der Waals surface area contributed by atoms with Gasteiger partial charge in [-0.25, -0.2) is 9.79 Å². The Morgan fingerprint density at radius 1 is 1.12 bits per heavy atom.